The van der Waals surface area contributed by atoms with Crippen molar-refractivity contribution in [2.24, 2.45) is 0 Å². The summed E-state index contributed by atoms with van der Waals surface area (Å²) in [6, 6.07) is 31.0. The van der Waals surface area contributed by atoms with Crippen molar-refractivity contribution in [2.75, 3.05) is 4.49 Å². The van der Waals surface area contributed by atoms with Crippen LogP contribution in [0, 0.1) is 0 Å². The fourth-order valence-electron chi connectivity index (χ4n) is 4.77. The Morgan fingerprint density at radius 2 is 1.24 bits per heavy atom. The first-order valence-corrected chi connectivity index (χ1v) is 15.0. The Kier molecular flexibility index (Phi) is 6.25. The van der Waals surface area contributed by atoms with Gasteiger partial charge in [0.05, 0.1) is 4.90 Å². The van der Waals surface area contributed by atoms with Crippen LogP contribution < -0.4 is 4.49 Å². The molecule has 0 amide bonds. The third kappa shape index (κ3) is 4.53. The number of hydrogen-bond donors (Lipinski definition) is 1. The van der Waals surface area contributed by atoms with E-state index >= 15 is 0 Å². The number of aryl methyl sites for hydroxylation is 1. The van der Waals surface area contributed by atoms with E-state index in [4.69, 9.17) is 8.39 Å². The van der Waals surface area contributed by atoms with E-state index in [2.05, 4.69) is 35.7 Å². The minimum Gasteiger partial charge on any atom is -0.407 e. The highest BCUT2D eigenvalue weighted by Gasteiger charge is 2.19. The Morgan fingerprint density at radius 3 is 1.78 bits per heavy atom. The number of nitrogens with one attached hydrogen (secondary N) is 1. The zero-order valence-electron chi connectivity index (χ0n) is 20.3. The van der Waals surface area contributed by atoms with Crippen LogP contribution in [0.15, 0.2) is 110 Å². The summed E-state index contributed by atoms with van der Waals surface area (Å²) in [5.41, 5.74) is 2.28. The second-order valence-corrected chi connectivity index (χ2v) is 12.2. The maximum Gasteiger partial charge on any atom is 0.321 e. The molecular weight excluding hydrogens is 501 g/mol. The number of sulfonamides is 1. The predicted molar refractivity (Wildman–Crippen MR) is 153 cm³/mol. The fraction of sp³-hybridized carbons (Fsp3) is 0.133. The lowest BCUT2D eigenvalue weighted by molar-refractivity contribution is 0.599. The fourth-order valence-corrected chi connectivity index (χ4v) is 7.47. The molecule has 6 aromatic rings. The zero-order chi connectivity index (χ0) is 25.4. The van der Waals surface area contributed by atoms with Crippen LogP contribution in [0.4, 0.5) is 0 Å². The molecule has 186 valence electrons. The van der Waals surface area contributed by atoms with Crippen molar-refractivity contribution in [1.29, 1.82) is 0 Å². The van der Waals surface area contributed by atoms with Crippen LogP contribution in [0.25, 0.3) is 43.5 Å². The Morgan fingerprint density at radius 1 is 0.703 bits per heavy atom. The molecule has 0 fully saturated rings. The van der Waals surface area contributed by atoms with Crippen molar-refractivity contribution in [2.45, 2.75) is 31.1 Å². The molecule has 0 spiro atoms. The number of fused-ring (bicyclic) bond motifs is 7. The van der Waals surface area contributed by atoms with E-state index in [1.807, 2.05) is 60.7 Å². The van der Waals surface area contributed by atoms with Gasteiger partial charge in [-0.05, 0) is 64.2 Å². The Hall–Kier alpha value is -3.57. The molecule has 37 heavy (non-hydrogen) atoms. The molecule has 0 bridgehead atoms. The van der Waals surface area contributed by atoms with Gasteiger partial charge in [0.2, 0.25) is 0 Å². The van der Waals surface area contributed by atoms with Gasteiger partial charge >= 0.3 is 8.16 Å². The van der Waals surface area contributed by atoms with E-state index in [0.29, 0.717) is 11.2 Å². The monoisotopic (exact) mass is 527 g/mol. The number of hydrogen-bond acceptors (Lipinski definition) is 4. The number of unbranched alkanes of at least 4 members (excludes halogenated alkanes) is 1. The molecule has 1 N–H and O–H groups in total. The van der Waals surface area contributed by atoms with E-state index in [-0.39, 0.29) is 4.90 Å². The minimum absolute atomic E-state index is 0.184. The smallest absolute Gasteiger partial charge is 0.321 e. The largest absolute Gasteiger partial charge is 0.407 e. The van der Waals surface area contributed by atoms with Crippen LogP contribution in [0.3, 0.4) is 0 Å². The minimum atomic E-state index is -3.87. The van der Waals surface area contributed by atoms with Crippen molar-refractivity contribution >= 4 is 61.7 Å². The van der Waals surface area contributed by atoms with Gasteiger partial charge in [-0.3, -0.25) is 0 Å². The first-order valence-electron chi connectivity index (χ1n) is 12.3. The quantitative estimate of drug-likeness (QED) is 0.235. The van der Waals surface area contributed by atoms with Crippen molar-refractivity contribution < 1.29 is 16.8 Å². The molecule has 0 aliphatic carbocycles. The summed E-state index contributed by atoms with van der Waals surface area (Å²) >= 11 is 0. The molecule has 0 saturated carbocycles. The molecule has 0 saturated heterocycles. The van der Waals surface area contributed by atoms with E-state index in [9.17, 15) is 8.42 Å². The molecule has 7 heteroatoms. The highest BCUT2D eigenvalue weighted by Crippen LogP contribution is 2.40. The maximum atomic E-state index is 13.3. The molecule has 1 aromatic heterocycles. The maximum absolute atomic E-state index is 13.3. The van der Waals surface area contributed by atoms with Gasteiger partial charge in [0, 0.05) is 10.8 Å². The van der Waals surface area contributed by atoms with Crippen LogP contribution in [-0.4, -0.2) is 8.42 Å². The molecule has 0 aliphatic rings. The van der Waals surface area contributed by atoms with Crippen LogP contribution in [0.2, 0.25) is 0 Å². The van der Waals surface area contributed by atoms with Crippen molar-refractivity contribution in [1.82, 2.24) is 0 Å². The summed E-state index contributed by atoms with van der Waals surface area (Å²) in [5.74, 6) is 0. The van der Waals surface area contributed by atoms with Crippen LogP contribution in [0.5, 0.6) is 0 Å². The van der Waals surface area contributed by atoms with Gasteiger partial charge in [0.15, 0.2) is 0 Å². The van der Waals surface area contributed by atoms with Crippen molar-refractivity contribution in [3.05, 3.63) is 103 Å². The third-order valence-corrected chi connectivity index (χ3v) is 9.82. The Bertz CT molecular complexity index is 1810. The molecule has 1 heterocycles. The molecule has 5 aromatic carbocycles. The predicted octanol–water partition coefficient (Wildman–Crippen LogP) is 8.87. The summed E-state index contributed by atoms with van der Waals surface area (Å²) < 4.78 is 41.9. The first kappa shape index (κ1) is 23.8. The van der Waals surface area contributed by atoms with Gasteiger partial charge < -0.3 is 8.39 Å². The highest BCUT2D eigenvalue weighted by molar-refractivity contribution is 7.97. The first-order chi connectivity index (χ1) is 18.0. The van der Waals surface area contributed by atoms with Gasteiger partial charge in [-0.25, -0.2) is 8.42 Å². The van der Waals surface area contributed by atoms with Crippen LogP contribution in [-0.2, 0) is 16.4 Å². The lowest BCUT2D eigenvalue weighted by Gasteiger charge is -2.06. The second kappa shape index (κ2) is 9.71. The second-order valence-electron chi connectivity index (χ2n) is 9.10. The SMILES string of the molecule is CCCCc1ccc(S(=O)(=O)Np2oc3ccc4ccccc4c3c3c(ccc4ccccc43)o2)cc1. The number of benzene rings is 5. The Labute approximate surface area is 216 Å². The average molecular weight is 528 g/mol. The molecule has 5 nitrogen and oxygen atoms in total. The lowest BCUT2D eigenvalue weighted by Crippen LogP contribution is -2.10. The van der Waals surface area contributed by atoms with Gasteiger partial charge in [0.25, 0.3) is 10.0 Å². The molecule has 6 rings (SSSR count). The molecule has 0 unspecified atom stereocenters. The average Bonchev–Trinajstić information content (AvgIpc) is 3.08. The van der Waals surface area contributed by atoms with Crippen LogP contribution >= 0.6 is 8.16 Å². The van der Waals surface area contributed by atoms with Gasteiger partial charge in [0.1, 0.15) is 11.2 Å². The Balaban J connectivity index is 1.57. The lowest BCUT2D eigenvalue weighted by atomic mass is 9.99. The topological polar surface area (TPSA) is 72.5 Å². The van der Waals surface area contributed by atoms with E-state index in [1.54, 1.807) is 12.1 Å². The van der Waals surface area contributed by atoms with Crippen molar-refractivity contribution in [3.63, 3.8) is 0 Å². The summed E-state index contributed by atoms with van der Waals surface area (Å²) in [6.45, 7) is 2.14. The van der Waals surface area contributed by atoms with Crippen LogP contribution in [0.1, 0.15) is 25.3 Å². The molecular formula is C30H26NO4PS. The van der Waals surface area contributed by atoms with E-state index < -0.39 is 18.2 Å². The molecule has 0 atom stereocenters. The summed E-state index contributed by atoms with van der Waals surface area (Å²) in [6.07, 6.45) is 3.09. The molecule has 0 radical (unpaired) electrons. The summed E-state index contributed by atoms with van der Waals surface area (Å²) in [5, 5.41) is 5.97. The van der Waals surface area contributed by atoms with Gasteiger partial charge in [-0.15, -0.1) is 4.49 Å². The molecule has 0 aliphatic heterocycles. The van der Waals surface area contributed by atoms with E-state index in [1.165, 1.54) is 0 Å². The number of rotatable bonds is 6. The standard InChI is InChI=1S/C30H26NO4PS/c1-2-3-8-21-13-17-24(18-14-21)37(32,33)31-36-34-27-19-15-22-9-4-6-11-25(22)29(27)30-26-12-7-5-10-23(26)16-20-28(30)35-36/h4-7,9-20,31H,2-3,8H2,1H3. The highest BCUT2D eigenvalue weighted by atomic mass is 32.2. The summed E-state index contributed by atoms with van der Waals surface area (Å²) in [7, 11) is -5.92. The van der Waals surface area contributed by atoms with E-state index in [0.717, 1.165) is 57.1 Å². The van der Waals surface area contributed by atoms with Gasteiger partial charge in [-0.2, -0.15) is 0 Å². The normalized spacial score (nSPS) is 12.0. The zero-order valence-corrected chi connectivity index (χ0v) is 22.1. The van der Waals surface area contributed by atoms with Gasteiger partial charge in [-0.1, -0.05) is 86.1 Å². The summed E-state index contributed by atoms with van der Waals surface area (Å²) in [4.78, 5) is 0.184. The van der Waals surface area contributed by atoms with Crippen molar-refractivity contribution in [3.8, 4) is 0 Å². The third-order valence-electron chi connectivity index (χ3n) is 6.64.